The molecule has 1 aliphatic rings. The van der Waals surface area contributed by atoms with Crippen molar-refractivity contribution in [3.05, 3.63) is 131 Å². The Morgan fingerprint density at radius 3 is 2.06 bits per heavy atom. The van der Waals surface area contributed by atoms with Crippen molar-refractivity contribution in [3.8, 4) is 45.2 Å². The molecule has 0 bridgehead atoms. The van der Waals surface area contributed by atoms with E-state index in [4.69, 9.17) is 21.6 Å². The smallest absolute Gasteiger partial charge is 0.196 e. The molecule has 1 atom stereocenters. The Labute approximate surface area is 215 Å². The Hall–Kier alpha value is -4.52. The zero-order valence-corrected chi connectivity index (χ0v) is 20.0. The van der Waals surface area contributed by atoms with E-state index in [0.29, 0.717) is 10.6 Å². The maximum absolute atomic E-state index is 9.10. The molecule has 1 unspecified atom stereocenters. The lowest BCUT2D eigenvalue weighted by molar-refractivity contribution is 0.260. The predicted octanol–water partition coefficient (Wildman–Crippen LogP) is 8.72. The summed E-state index contributed by atoms with van der Waals surface area (Å²) in [5, 5.41) is 13.3. The zero-order valence-electron chi connectivity index (χ0n) is 19.3. The van der Waals surface area contributed by atoms with E-state index < -0.39 is 0 Å². The monoisotopic (exact) mass is 484 g/mol. The van der Waals surface area contributed by atoms with Gasteiger partial charge in [0.15, 0.2) is 6.23 Å². The molecule has 0 fully saturated rings. The molecule has 0 spiro atoms. The van der Waals surface area contributed by atoms with Crippen molar-refractivity contribution in [2.75, 3.05) is 5.32 Å². The first-order valence-corrected chi connectivity index (χ1v) is 12.1. The summed E-state index contributed by atoms with van der Waals surface area (Å²) in [6, 6.07) is 40.7. The summed E-state index contributed by atoms with van der Waals surface area (Å²) < 4.78 is 6.30. The van der Waals surface area contributed by atoms with Gasteiger partial charge in [0.05, 0.1) is 17.3 Å². The molecule has 0 saturated carbocycles. The van der Waals surface area contributed by atoms with Gasteiger partial charge in [-0.05, 0) is 52.1 Å². The van der Waals surface area contributed by atoms with E-state index in [2.05, 4.69) is 66.0 Å². The number of anilines is 1. The second kappa shape index (κ2) is 9.26. The highest BCUT2D eigenvalue weighted by Crippen LogP contribution is 2.46. The van der Waals surface area contributed by atoms with Crippen molar-refractivity contribution in [3.63, 3.8) is 0 Å². The molecule has 5 aromatic carbocycles. The second-order valence-corrected chi connectivity index (χ2v) is 9.16. The van der Waals surface area contributed by atoms with Crippen LogP contribution in [0.5, 0.6) is 5.75 Å². The van der Waals surface area contributed by atoms with Crippen LogP contribution in [0.2, 0.25) is 5.02 Å². The van der Waals surface area contributed by atoms with Crippen LogP contribution in [0, 0.1) is 11.3 Å². The number of hydrogen-bond donors (Lipinski definition) is 1. The third-order valence-electron chi connectivity index (χ3n) is 6.43. The lowest BCUT2D eigenvalue weighted by Gasteiger charge is -2.13. The normalized spacial score (nSPS) is 13.8. The highest BCUT2D eigenvalue weighted by molar-refractivity contribution is 6.31. The SMILES string of the molecule is N#Cc1ccc(-c2cccc(-c3cc(Cl)cc4c3NC(c3ccc(-c5ccccc5)cc3)O4)c2)cc1. The van der Waals surface area contributed by atoms with Crippen molar-refractivity contribution < 1.29 is 4.74 Å². The van der Waals surface area contributed by atoms with Crippen molar-refractivity contribution in [2.24, 2.45) is 0 Å². The molecule has 0 amide bonds. The molecular weight excluding hydrogens is 464 g/mol. The molecule has 172 valence electrons. The maximum Gasteiger partial charge on any atom is 0.196 e. The van der Waals surface area contributed by atoms with Crippen LogP contribution >= 0.6 is 11.6 Å². The van der Waals surface area contributed by atoms with Gasteiger partial charge in [-0.25, -0.2) is 0 Å². The minimum Gasteiger partial charge on any atom is -0.464 e. The van der Waals surface area contributed by atoms with Gasteiger partial charge in [-0.1, -0.05) is 96.5 Å². The fraction of sp³-hybridized carbons (Fsp3) is 0.0312. The van der Waals surface area contributed by atoms with E-state index in [1.807, 2.05) is 60.7 Å². The number of hydrogen-bond acceptors (Lipinski definition) is 3. The first-order valence-electron chi connectivity index (χ1n) is 11.7. The number of ether oxygens (including phenoxy) is 1. The molecule has 0 aromatic heterocycles. The third-order valence-corrected chi connectivity index (χ3v) is 6.65. The van der Waals surface area contributed by atoms with Crippen LogP contribution in [-0.2, 0) is 0 Å². The Kier molecular flexibility index (Phi) is 5.65. The molecule has 1 aliphatic heterocycles. The number of halogens is 1. The minimum atomic E-state index is -0.302. The van der Waals surface area contributed by atoms with Gasteiger partial charge in [-0.15, -0.1) is 0 Å². The molecule has 5 aromatic rings. The first kappa shape index (κ1) is 22.0. The van der Waals surface area contributed by atoms with Crippen LogP contribution in [-0.4, -0.2) is 0 Å². The summed E-state index contributed by atoms with van der Waals surface area (Å²) in [5.41, 5.74) is 9.10. The third kappa shape index (κ3) is 4.20. The van der Waals surface area contributed by atoms with E-state index >= 15 is 0 Å². The molecule has 1 N–H and O–H groups in total. The molecule has 6 rings (SSSR count). The Bertz CT molecular complexity index is 1590. The van der Waals surface area contributed by atoms with Gasteiger partial charge in [0.1, 0.15) is 5.75 Å². The van der Waals surface area contributed by atoms with Gasteiger partial charge in [0.25, 0.3) is 0 Å². The molecule has 36 heavy (non-hydrogen) atoms. The molecule has 0 aliphatic carbocycles. The number of benzene rings is 5. The molecule has 4 heteroatoms. The van der Waals surface area contributed by atoms with Gasteiger partial charge in [0.2, 0.25) is 0 Å². The Morgan fingerprint density at radius 1 is 0.667 bits per heavy atom. The Morgan fingerprint density at radius 2 is 1.31 bits per heavy atom. The van der Waals surface area contributed by atoms with Crippen molar-refractivity contribution in [1.82, 2.24) is 0 Å². The standard InChI is InChI=1S/C32H21ClN2O/c33-28-18-29(27-8-4-7-26(17-27)24-11-9-21(20-34)10-12-24)31-30(19-28)36-32(35-31)25-15-13-23(14-16-25)22-5-2-1-3-6-22/h1-19,32,35H. The molecule has 3 nitrogen and oxygen atoms in total. The van der Waals surface area contributed by atoms with Gasteiger partial charge in [0, 0.05) is 22.2 Å². The molecule has 0 saturated heterocycles. The molecule has 0 radical (unpaired) electrons. The van der Waals surface area contributed by atoms with Crippen LogP contribution in [0.3, 0.4) is 0 Å². The highest BCUT2D eigenvalue weighted by Gasteiger charge is 2.27. The van der Waals surface area contributed by atoms with Crippen LogP contribution in [0.1, 0.15) is 17.4 Å². The summed E-state index contributed by atoms with van der Waals surface area (Å²) in [7, 11) is 0. The van der Waals surface area contributed by atoms with Crippen molar-refractivity contribution in [2.45, 2.75) is 6.23 Å². The van der Waals surface area contributed by atoms with E-state index in [-0.39, 0.29) is 6.23 Å². The minimum absolute atomic E-state index is 0.302. The number of nitriles is 1. The van der Waals surface area contributed by atoms with Crippen LogP contribution < -0.4 is 10.1 Å². The van der Waals surface area contributed by atoms with E-state index in [1.165, 1.54) is 11.1 Å². The maximum atomic E-state index is 9.10. The zero-order chi connectivity index (χ0) is 24.5. The summed E-state index contributed by atoms with van der Waals surface area (Å²) >= 11 is 6.51. The van der Waals surface area contributed by atoms with Crippen LogP contribution in [0.15, 0.2) is 115 Å². The first-order chi connectivity index (χ1) is 17.7. The number of fused-ring (bicyclic) bond motifs is 1. The number of nitrogens with zero attached hydrogens (tertiary/aromatic N) is 1. The van der Waals surface area contributed by atoms with Crippen LogP contribution in [0.25, 0.3) is 33.4 Å². The molecule has 1 heterocycles. The average Bonchev–Trinajstić information content (AvgIpc) is 3.37. The largest absolute Gasteiger partial charge is 0.464 e. The van der Waals surface area contributed by atoms with Crippen LogP contribution in [0.4, 0.5) is 5.69 Å². The van der Waals surface area contributed by atoms with Gasteiger partial charge in [-0.2, -0.15) is 5.26 Å². The molecular formula is C32H21ClN2O. The van der Waals surface area contributed by atoms with Crippen molar-refractivity contribution >= 4 is 17.3 Å². The summed E-state index contributed by atoms with van der Waals surface area (Å²) in [4.78, 5) is 0. The van der Waals surface area contributed by atoms with Gasteiger partial charge < -0.3 is 10.1 Å². The number of nitrogens with one attached hydrogen (secondary N) is 1. The van der Waals surface area contributed by atoms with Gasteiger partial charge in [-0.3, -0.25) is 0 Å². The number of rotatable bonds is 4. The summed E-state index contributed by atoms with van der Waals surface area (Å²) in [6.45, 7) is 0. The lowest BCUT2D eigenvalue weighted by Crippen LogP contribution is -2.10. The Balaban J connectivity index is 1.31. The van der Waals surface area contributed by atoms with Crippen molar-refractivity contribution in [1.29, 1.82) is 5.26 Å². The summed E-state index contributed by atoms with van der Waals surface area (Å²) in [6.07, 6.45) is -0.302. The van der Waals surface area contributed by atoms with E-state index in [0.717, 1.165) is 39.3 Å². The predicted molar refractivity (Wildman–Crippen MR) is 146 cm³/mol. The highest BCUT2D eigenvalue weighted by atomic mass is 35.5. The van der Waals surface area contributed by atoms with Gasteiger partial charge >= 0.3 is 0 Å². The van der Waals surface area contributed by atoms with E-state index in [9.17, 15) is 0 Å². The fourth-order valence-electron chi connectivity index (χ4n) is 4.57. The summed E-state index contributed by atoms with van der Waals surface area (Å²) in [5.74, 6) is 0.735. The average molecular weight is 485 g/mol. The van der Waals surface area contributed by atoms with E-state index in [1.54, 1.807) is 0 Å². The second-order valence-electron chi connectivity index (χ2n) is 8.73. The lowest BCUT2D eigenvalue weighted by atomic mass is 9.97. The quantitative estimate of drug-likeness (QED) is 0.277. The fourth-order valence-corrected chi connectivity index (χ4v) is 4.78. The topological polar surface area (TPSA) is 45.0 Å².